The second kappa shape index (κ2) is 7.69. The Kier molecular flexibility index (Phi) is 4.94. The van der Waals surface area contributed by atoms with E-state index < -0.39 is 0 Å². The maximum Gasteiger partial charge on any atom is 0.147 e. The maximum absolute atomic E-state index is 11.1. The number of anilines is 1. The third-order valence-electron chi connectivity index (χ3n) is 5.00. The van der Waals surface area contributed by atoms with E-state index in [1.54, 1.807) is 6.20 Å². The van der Waals surface area contributed by atoms with Gasteiger partial charge in [-0.3, -0.25) is 4.98 Å². The summed E-state index contributed by atoms with van der Waals surface area (Å²) in [5, 5.41) is 15.6. The minimum atomic E-state index is -0.291. The highest BCUT2D eigenvalue weighted by atomic mass is 16.3. The lowest BCUT2D eigenvalue weighted by Crippen LogP contribution is -2.15. The van der Waals surface area contributed by atoms with Crippen LogP contribution in [0, 0.1) is 6.92 Å². The number of para-hydroxylation sites is 1. The van der Waals surface area contributed by atoms with E-state index in [0.29, 0.717) is 5.52 Å². The van der Waals surface area contributed by atoms with Gasteiger partial charge in [0.1, 0.15) is 11.3 Å². The van der Waals surface area contributed by atoms with E-state index in [-0.39, 0.29) is 11.8 Å². The molecule has 2 aromatic carbocycles. The number of benzene rings is 2. The largest absolute Gasteiger partial charge is 0.505 e. The SMILES string of the molecule is CCc1ccccc1NC(c1ccccn1)c1ccc2ccc(C)nc2c1O. The summed E-state index contributed by atoms with van der Waals surface area (Å²) in [6.45, 7) is 4.06. The molecule has 4 aromatic rings. The van der Waals surface area contributed by atoms with Crippen molar-refractivity contribution in [3.63, 3.8) is 0 Å². The third-order valence-corrected chi connectivity index (χ3v) is 5.00. The quantitative estimate of drug-likeness (QED) is 0.494. The highest BCUT2D eigenvalue weighted by molar-refractivity contribution is 5.86. The van der Waals surface area contributed by atoms with Crippen LogP contribution in [-0.2, 0) is 6.42 Å². The number of nitrogens with one attached hydrogen (secondary N) is 1. The van der Waals surface area contributed by atoms with Crippen molar-refractivity contribution in [3.8, 4) is 5.75 Å². The molecule has 4 heteroatoms. The summed E-state index contributed by atoms with van der Waals surface area (Å²) in [7, 11) is 0. The van der Waals surface area contributed by atoms with Gasteiger partial charge in [-0.1, -0.05) is 49.4 Å². The molecule has 0 amide bonds. The van der Waals surface area contributed by atoms with E-state index in [2.05, 4.69) is 34.3 Å². The minimum Gasteiger partial charge on any atom is -0.505 e. The summed E-state index contributed by atoms with van der Waals surface area (Å²) < 4.78 is 0. The Morgan fingerprint density at radius 2 is 1.75 bits per heavy atom. The molecule has 28 heavy (non-hydrogen) atoms. The molecule has 1 unspecified atom stereocenters. The van der Waals surface area contributed by atoms with Gasteiger partial charge < -0.3 is 10.4 Å². The van der Waals surface area contributed by atoms with Gasteiger partial charge in [-0.15, -0.1) is 0 Å². The fourth-order valence-corrected chi connectivity index (χ4v) is 3.50. The molecule has 0 saturated carbocycles. The van der Waals surface area contributed by atoms with E-state index in [1.165, 1.54) is 5.56 Å². The third kappa shape index (κ3) is 3.41. The van der Waals surface area contributed by atoms with Gasteiger partial charge in [0, 0.05) is 28.5 Å². The molecule has 0 spiro atoms. The van der Waals surface area contributed by atoms with Gasteiger partial charge in [0.05, 0.1) is 11.7 Å². The van der Waals surface area contributed by atoms with Gasteiger partial charge in [0.25, 0.3) is 0 Å². The smallest absolute Gasteiger partial charge is 0.147 e. The summed E-state index contributed by atoms with van der Waals surface area (Å²) in [5.74, 6) is 0.193. The lowest BCUT2D eigenvalue weighted by atomic mass is 9.98. The lowest BCUT2D eigenvalue weighted by Gasteiger charge is -2.23. The monoisotopic (exact) mass is 369 g/mol. The molecular weight excluding hydrogens is 346 g/mol. The number of aryl methyl sites for hydroxylation is 2. The Bertz CT molecular complexity index is 1110. The van der Waals surface area contributed by atoms with Crippen LogP contribution in [0.25, 0.3) is 10.9 Å². The van der Waals surface area contributed by atoms with Crippen LogP contribution in [-0.4, -0.2) is 15.1 Å². The Morgan fingerprint density at radius 3 is 2.54 bits per heavy atom. The van der Waals surface area contributed by atoms with Gasteiger partial charge in [-0.2, -0.15) is 0 Å². The lowest BCUT2D eigenvalue weighted by molar-refractivity contribution is 0.471. The van der Waals surface area contributed by atoms with Crippen LogP contribution in [0.1, 0.15) is 35.5 Å². The molecule has 0 fully saturated rings. The van der Waals surface area contributed by atoms with Crippen LogP contribution >= 0.6 is 0 Å². The molecule has 2 aromatic heterocycles. The van der Waals surface area contributed by atoms with Crippen molar-refractivity contribution in [2.45, 2.75) is 26.3 Å². The number of hydrogen-bond acceptors (Lipinski definition) is 4. The highest BCUT2D eigenvalue weighted by Gasteiger charge is 2.21. The number of pyridine rings is 2. The summed E-state index contributed by atoms with van der Waals surface area (Å²) in [6, 6.07) is 21.7. The Labute approximate surface area is 164 Å². The summed E-state index contributed by atoms with van der Waals surface area (Å²) >= 11 is 0. The first-order valence-electron chi connectivity index (χ1n) is 9.52. The van der Waals surface area contributed by atoms with Gasteiger partial charge in [-0.25, -0.2) is 4.98 Å². The number of nitrogens with zero attached hydrogens (tertiary/aromatic N) is 2. The molecule has 0 saturated heterocycles. The Hall–Kier alpha value is -3.40. The zero-order chi connectivity index (χ0) is 19.5. The number of phenolic OH excluding ortho intramolecular Hbond substituents is 1. The minimum absolute atomic E-state index is 0.193. The number of aromatic hydroxyl groups is 1. The average molecular weight is 369 g/mol. The van der Waals surface area contributed by atoms with Crippen molar-refractivity contribution in [2.75, 3.05) is 5.32 Å². The van der Waals surface area contributed by atoms with Crippen molar-refractivity contribution in [1.29, 1.82) is 0 Å². The van der Waals surface area contributed by atoms with Crippen molar-refractivity contribution in [2.24, 2.45) is 0 Å². The van der Waals surface area contributed by atoms with E-state index in [4.69, 9.17) is 0 Å². The average Bonchev–Trinajstić information content (AvgIpc) is 2.74. The predicted molar refractivity (Wildman–Crippen MR) is 114 cm³/mol. The summed E-state index contributed by atoms with van der Waals surface area (Å²) in [5.41, 5.74) is 5.35. The highest BCUT2D eigenvalue weighted by Crippen LogP contribution is 2.36. The predicted octanol–water partition coefficient (Wildman–Crippen LogP) is 5.41. The number of fused-ring (bicyclic) bond motifs is 1. The zero-order valence-corrected chi connectivity index (χ0v) is 16.1. The number of rotatable bonds is 5. The standard InChI is InChI=1S/C24H23N3O/c1-3-17-8-4-5-9-20(17)27-23(21-10-6-7-15-25-21)19-14-13-18-12-11-16(2)26-22(18)24(19)28/h4-15,23,27-28H,3H2,1-2H3. The first-order valence-corrected chi connectivity index (χ1v) is 9.52. The molecule has 4 rings (SSSR count). The van der Waals surface area contributed by atoms with Crippen molar-refractivity contribution >= 4 is 16.6 Å². The van der Waals surface area contributed by atoms with Crippen LogP contribution in [0.4, 0.5) is 5.69 Å². The molecule has 0 aliphatic carbocycles. The fourth-order valence-electron chi connectivity index (χ4n) is 3.50. The van der Waals surface area contributed by atoms with Crippen LogP contribution in [0.15, 0.2) is 72.9 Å². The molecule has 0 bridgehead atoms. The molecule has 2 N–H and O–H groups in total. The molecule has 0 radical (unpaired) electrons. The van der Waals surface area contributed by atoms with E-state index in [0.717, 1.165) is 34.4 Å². The Morgan fingerprint density at radius 1 is 0.964 bits per heavy atom. The van der Waals surface area contributed by atoms with E-state index in [1.807, 2.05) is 61.5 Å². The van der Waals surface area contributed by atoms with E-state index in [9.17, 15) is 5.11 Å². The first kappa shape index (κ1) is 18.0. The summed E-state index contributed by atoms with van der Waals surface area (Å²) in [4.78, 5) is 9.11. The molecule has 2 heterocycles. The van der Waals surface area contributed by atoms with Gasteiger partial charge >= 0.3 is 0 Å². The second-order valence-electron chi connectivity index (χ2n) is 6.87. The fraction of sp³-hybridized carbons (Fsp3) is 0.167. The zero-order valence-electron chi connectivity index (χ0n) is 16.1. The summed E-state index contributed by atoms with van der Waals surface area (Å²) in [6.07, 6.45) is 2.69. The van der Waals surface area contributed by atoms with Crippen LogP contribution < -0.4 is 5.32 Å². The number of aromatic nitrogens is 2. The van der Waals surface area contributed by atoms with Gasteiger partial charge in [0.15, 0.2) is 0 Å². The Balaban J connectivity index is 1.87. The van der Waals surface area contributed by atoms with Crippen LogP contribution in [0.5, 0.6) is 5.75 Å². The maximum atomic E-state index is 11.1. The van der Waals surface area contributed by atoms with Crippen molar-refractivity contribution in [3.05, 3.63) is 95.4 Å². The first-order chi connectivity index (χ1) is 13.7. The van der Waals surface area contributed by atoms with Gasteiger partial charge in [0.2, 0.25) is 0 Å². The molecule has 140 valence electrons. The van der Waals surface area contributed by atoms with Crippen molar-refractivity contribution < 1.29 is 5.11 Å². The molecule has 0 aliphatic heterocycles. The van der Waals surface area contributed by atoms with Crippen LogP contribution in [0.3, 0.4) is 0 Å². The van der Waals surface area contributed by atoms with Crippen LogP contribution in [0.2, 0.25) is 0 Å². The molecular formula is C24H23N3O. The second-order valence-corrected chi connectivity index (χ2v) is 6.87. The van der Waals surface area contributed by atoms with Gasteiger partial charge in [-0.05, 0) is 43.2 Å². The molecule has 0 aliphatic rings. The van der Waals surface area contributed by atoms with Crippen molar-refractivity contribution in [1.82, 2.24) is 9.97 Å². The number of hydrogen-bond donors (Lipinski definition) is 2. The molecule has 1 atom stereocenters. The normalized spacial score (nSPS) is 12.1. The van der Waals surface area contributed by atoms with E-state index >= 15 is 0 Å². The molecule has 4 nitrogen and oxygen atoms in total. The number of phenols is 1. The topological polar surface area (TPSA) is 58.0 Å².